The van der Waals surface area contributed by atoms with E-state index in [0.717, 1.165) is 10.6 Å². The number of nitrogens with zero attached hydrogens (tertiary/aromatic N) is 1. The molecule has 1 aromatic carbocycles. The molecule has 126 valence electrons. The fraction of sp³-hybridized carbons (Fsp3) is 0.529. The van der Waals surface area contributed by atoms with Crippen LogP contribution >= 0.6 is 0 Å². The summed E-state index contributed by atoms with van der Waals surface area (Å²) in [4.78, 5) is 24.4. The molecule has 0 amide bonds. The third kappa shape index (κ3) is 3.89. The SMILES string of the molecule is COC(=O)[C@@H]1C[C@@H](C(=O)OC(C)(C)C)[C@@H](c2ccccc2)N1O. The van der Waals surface area contributed by atoms with Gasteiger partial charge in [-0.3, -0.25) is 9.59 Å². The number of carbonyl (C=O) groups excluding carboxylic acids is 2. The minimum Gasteiger partial charge on any atom is -0.468 e. The van der Waals surface area contributed by atoms with Crippen molar-refractivity contribution in [3.8, 4) is 0 Å². The Morgan fingerprint density at radius 2 is 1.78 bits per heavy atom. The van der Waals surface area contributed by atoms with Crippen LogP contribution in [0.5, 0.6) is 0 Å². The molecule has 0 spiro atoms. The quantitative estimate of drug-likeness (QED) is 0.861. The number of rotatable bonds is 3. The van der Waals surface area contributed by atoms with Crippen LogP contribution in [0.2, 0.25) is 0 Å². The van der Waals surface area contributed by atoms with Crippen LogP contribution in [0.3, 0.4) is 0 Å². The molecule has 1 heterocycles. The Morgan fingerprint density at radius 3 is 2.30 bits per heavy atom. The van der Waals surface area contributed by atoms with Crippen molar-refractivity contribution < 1.29 is 24.3 Å². The number of hydrogen-bond donors (Lipinski definition) is 1. The predicted molar refractivity (Wildman–Crippen MR) is 82.6 cm³/mol. The van der Waals surface area contributed by atoms with E-state index in [1.807, 2.05) is 30.3 Å². The van der Waals surface area contributed by atoms with Crippen molar-refractivity contribution in [2.45, 2.75) is 44.9 Å². The molecular formula is C17H23NO5. The van der Waals surface area contributed by atoms with E-state index in [1.54, 1.807) is 20.8 Å². The van der Waals surface area contributed by atoms with Crippen LogP contribution in [0.1, 0.15) is 38.8 Å². The molecular weight excluding hydrogens is 298 g/mol. The minimum atomic E-state index is -0.886. The molecule has 0 bridgehead atoms. The summed E-state index contributed by atoms with van der Waals surface area (Å²) in [5, 5.41) is 11.4. The molecule has 1 N–H and O–H groups in total. The lowest BCUT2D eigenvalue weighted by atomic mass is 9.93. The van der Waals surface area contributed by atoms with Crippen LogP contribution in [0.25, 0.3) is 0 Å². The topological polar surface area (TPSA) is 76.1 Å². The first kappa shape index (κ1) is 17.4. The van der Waals surface area contributed by atoms with E-state index in [1.165, 1.54) is 7.11 Å². The average Bonchev–Trinajstić information content (AvgIpc) is 2.83. The number of ether oxygens (including phenoxy) is 2. The van der Waals surface area contributed by atoms with Gasteiger partial charge in [-0.2, -0.15) is 5.06 Å². The lowest BCUT2D eigenvalue weighted by Crippen LogP contribution is -2.36. The van der Waals surface area contributed by atoms with E-state index < -0.39 is 35.5 Å². The van der Waals surface area contributed by atoms with E-state index in [0.29, 0.717) is 0 Å². The maximum absolute atomic E-state index is 12.5. The lowest BCUT2D eigenvalue weighted by Gasteiger charge is -2.27. The molecule has 23 heavy (non-hydrogen) atoms. The van der Waals surface area contributed by atoms with Gasteiger partial charge in [-0.1, -0.05) is 30.3 Å². The number of carbonyl (C=O) groups is 2. The zero-order valence-corrected chi connectivity index (χ0v) is 13.9. The van der Waals surface area contributed by atoms with Gasteiger partial charge in [0.1, 0.15) is 11.6 Å². The van der Waals surface area contributed by atoms with Crippen molar-refractivity contribution in [1.29, 1.82) is 0 Å². The molecule has 6 heteroatoms. The van der Waals surface area contributed by atoms with E-state index in [2.05, 4.69) is 0 Å². The summed E-state index contributed by atoms with van der Waals surface area (Å²) in [7, 11) is 1.26. The predicted octanol–water partition coefficient (Wildman–Crippen LogP) is 2.32. The molecule has 1 aromatic rings. The van der Waals surface area contributed by atoms with Crippen LogP contribution in [0, 0.1) is 5.92 Å². The monoisotopic (exact) mass is 321 g/mol. The van der Waals surface area contributed by atoms with Gasteiger partial charge >= 0.3 is 11.9 Å². The highest BCUT2D eigenvalue weighted by atomic mass is 16.6. The third-order valence-electron chi connectivity index (χ3n) is 3.79. The molecule has 1 saturated heterocycles. The Kier molecular flexibility index (Phi) is 5.06. The van der Waals surface area contributed by atoms with Crippen molar-refractivity contribution >= 4 is 11.9 Å². The number of hydrogen-bond acceptors (Lipinski definition) is 6. The molecule has 0 unspecified atom stereocenters. The maximum Gasteiger partial charge on any atom is 0.325 e. The normalized spacial score (nSPS) is 25.2. The lowest BCUT2D eigenvalue weighted by molar-refractivity contribution is -0.179. The van der Waals surface area contributed by atoms with Gasteiger partial charge in [0.15, 0.2) is 0 Å². The van der Waals surface area contributed by atoms with Crippen molar-refractivity contribution in [3.05, 3.63) is 35.9 Å². The summed E-state index contributed by atoms with van der Waals surface area (Å²) >= 11 is 0. The smallest absolute Gasteiger partial charge is 0.325 e. The molecule has 1 fully saturated rings. The molecule has 0 radical (unpaired) electrons. The number of methoxy groups -OCH3 is 1. The fourth-order valence-corrected chi connectivity index (χ4v) is 2.83. The highest BCUT2D eigenvalue weighted by molar-refractivity contribution is 5.80. The molecule has 1 aliphatic heterocycles. The molecule has 0 aliphatic carbocycles. The third-order valence-corrected chi connectivity index (χ3v) is 3.79. The first-order valence-electron chi connectivity index (χ1n) is 7.57. The largest absolute Gasteiger partial charge is 0.468 e. The van der Waals surface area contributed by atoms with Crippen LogP contribution in [-0.2, 0) is 19.1 Å². The Bertz CT molecular complexity index is 566. The summed E-state index contributed by atoms with van der Waals surface area (Å²) in [6.07, 6.45) is 0.150. The summed E-state index contributed by atoms with van der Waals surface area (Å²) in [6.45, 7) is 5.35. The first-order valence-corrected chi connectivity index (χ1v) is 7.57. The van der Waals surface area contributed by atoms with Gasteiger partial charge in [0.05, 0.1) is 19.1 Å². The van der Waals surface area contributed by atoms with Gasteiger partial charge < -0.3 is 14.7 Å². The summed E-state index contributed by atoms with van der Waals surface area (Å²) < 4.78 is 10.2. The molecule has 1 aliphatic rings. The Balaban J connectivity index is 2.33. The second kappa shape index (κ2) is 6.68. The highest BCUT2D eigenvalue weighted by Gasteiger charge is 2.49. The van der Waals surface area contributed by atoms with Crippen molar-refractivity contribution in [2.75, 3.05) is 7.11 Å². The van der Waals surface area contributed by atoms with E-state index in [4.69, 9.17) is 9.47 Å². The van der Waals surface area contributed by atoms with E-state index in [-0.39, 0.29) is 6.42 Å². The standard InChI is InChI=1S/C17H23NO5/c1-17(2,3)23-15(19)12-10-13(16(20)22-4)18(21)14(12)11-8-6-5-7-9-11/h5-9,12-14,21H,10H2,1-4H3/t12-,13+,14-/m1/s1. The minimum absolute atomic E-state index is 0.150. The Labute approximate surface area is 135 Å². The van der Waals surface area contributed by atoms with Crippen LogP contribution in [0.4, 0.5) is 0 Å². The second-order valence-corrected chi connectivity index (χ2v) is 6.65. The number of hydroxylamine groups is 2. The average molecular weight is 321 g/mol. The number of esters is 2. The van der Waals surface area contributed by atoms with Crippen molar-refractivity contribution in [3.63, 3.8) is 0 Å². The van der Waals surface area contributed by atoms with Gasteiger partial charge in [-0.25, -0.2) is 0 Å². The molecule has 6 nitrogen and oxygen atoms in total. The molecule has 2 rings (SSSR count). The van der Waals surface area contributed by atoms with Gasteiger partial charge in [0, 0.05) is 0 Å². The zero-order chi connectivity index (χ0) is 17.2. The Hall–Kier alpha value is -1.92. The fourth-order valence-electron chi connectivity index (χ4n) is 2.83. The highest BCUT2D eigenvalue weighted by Crippen LogP contribution is 2.41. The maximum atomic E-state index is 12.5. The molecule has 0 aromatic heterocycles. The van der Waals surface area contributed by atoms with Crippen LogP contribution in [0.15, 0.2) is 30.3 Å². The van der Waals surface area contributed by atoms with Crippen molar-refractivity contribution in [2.24, 2.45) is 5.92 Å². The second-order valence-electron chi connectivity index (χ2n) is 6.65. The van der Waals surface area contributed by atoms with Gasteiger partial charge in [0.2, 0.25) is 0 Å². The van der Waals surface area contributed by atoms with Gasteiger partial charge in [-0.05, 0) is 32.8 Å². The summed E-state index contributed by atoms with van der Waals surface area (Å²) in [5.41, 5.74) is 0.111. The molecule has 3 atom stereocenters. The van der Waals surface area contributed by atoms with Gasteiger partial charge in [-0.15, -0.1) is 0 Å². The number of benzene rings is 1. The molecule has 0 saturated carbocycles. The van der Waals surface area contributed by atoms with Crippen molar-refractivity contribution in [1.82, 2.24) is 5.06 Å². The van der Waals surface area contributed by atoms with Gasteiger partial charge in [0.25, 0.3) is 0 Å². The van der Waals surface area contributed by atoms with Crippen LogP contribution < -0.4 is 0 Å². The Morgan fingerprint density at radius 1 is 1.17 bits per heavy atom. The zero-order valence-electron chi connectivity index (χ0n) is 13.9. The first-order chi connectivity index (χ1) is 10.7. The van der Waals surface area contributed by atoms with E-state index >= 15 is 0 Å². The summed E-state index contributed by atoms with van der Waals surface area (Å²) in [5.74, 6) is -1.65. The summed E-state index contributed by atoms with van der Waals surface area (Å²) in [6, 6.07) is 7.58. The van der Waals surface area contributed by atoms with E-state index in [9.17, 15) is 14.8 Å². The van der Waals surface area contributed by atoms with Crippen LogP contribution in [-0.4, -0.2) is 41.0 Å².